The first-order valence-electron chi connectivity index (χ1n) is 5.63. The van der Waals surface area contributed by atoms with Gasteiger partial charge < -0.3 is 15.2 Å². The molecule has 8 nitrogen and oxygen atoms in total. The van der Waals surface area contributed by atoms with Crippen LogP contribution in [0, 0.1) is 0 Å². The Kier molecular flexibility index (Phi) is 3.94. The van der Waals surface area contributed by atoms with Gasteiger partial charge in [-0.2, -0.15) is 9.97 Å². The van der Waals surface area contributed by atoms with Crippen LogP contribution in [0.5, 0.6) is 11.8 Å². The summed E-state index contributed by atoms with van der Waals surface area (Å²) in [5.41, 5.74) is 5.68. The highest BCUT2D eigenvalue weighted by molar-refractivity contribution is 6.02. The fourth-order valence-corrected chi connectivity index (χ4v) is 1.41. The third-order valence-corrected chi connectivity index (χ3v) is 2.33. The Morgan fingerprint density at radius 2 is 1.80 bits per heavy atom. The van der Waals surface area contributed by atoms with Crippen molar-refractivity contribution in [3.05, 3.63) is 30.0 Å². The number of ether oxygens (including phenoxy) is 2. The van der Waals surface area contributed by atoms with E-state index in [2.05, 4.69) is 20.3 Å². The number of hydrogen-bond acceptors (Lipinski definition) is 7. The summed E-state index contributed by atoms with van der Waals surface area (Å²) in [5.74, 6) is 0.366. The average Bonchev–Trinajstić information content (AvgIpc) is 2.46. The number of nitrogens with one attached hydrogen (secondary N) is 1. The number of nitrogen functional groups attached to an aromatic ring is 1. The Labute approximate surface area is 115 Å². The summed E-state index contributed by atoms with van der Waals surface area (Å²) in [6.45, 7) is 0. The minimum Gasteiger partial charge on any atom is -0.481 e. The molecule has 0 fully saturated rings. The van der Waals surface area contributed by atoms with Crippen molar-refractivity contribution in [2.45, 2.75) is 0 Å². The summed E-state index contributed by atoms with van der Waals surface area (Å²) >= 11 is 0. The topological polar surface area (TPSA) is 112 Å². The Balaban J connectivity index is 2.23. The minimum absolute atomic E-state index is 0.0513. The maximum Gasteiger partial charge on any atom is 0.276 e. The zero-order valence-corrected chi connectivity index (χ0v) is 11.0. The molecule has 8 heteroatoms. The summed E-state index contributed by atoms with van der Waals surface area (Å²) in [5, 5.41) is 2.50. The standard InChI is InChI=1S/C12H13N5O3/c1-19-9-6-10(20-2)16-12(15-9)17-11(18)7-4-3-5-8(13)14-7/h3-6H,1-2H3,(H2,13,14)(H,15,16,17,18). The lowest BCUT2D eigenvalue weighted by atomic mass is 10.3. The number of amides is 1. The van der Waals surface area contributed by atoms with E-state index >= 15 is 0 Å². The van der Waals surface area contributed by atoms with Gasteiger partial charge in [0.25, 0.3) is 5.91 Å². The van der Waals surface area contributed by atoms with Gasteiger partial charge in [0.1, 0.15) is 11.5 Å². The first-order valence-corrected chi connectivity index (χ1v) is 5.63. The second-order valence-electron chi connectivity index (χ2n) is 3.68. The van der Waals surface area contributed by atoms with Crippen LogP contribution < -0.4 is 20.5 Å². The molecule has 0 bridgehead atoms. The van der Waals surface area contributed by atoms with Crippen LogP contribution in [-0.4, -0.2) is 35.1 Å². The number of methoxy groups -OCH3 is 2. The van der Waals surface area contributed by atoms with E-state index in [0.717, 1.165) is 0 Å². The first kappa shape index (κ1) is 13.5. The number of rotatable bonds is 4. The van der Waals surface area contributed by atoms with Crippen molar-refractivity contribution >= 4 is 17.7 Å². The van der Waals surface area contributed by atoms with Crippen LogP contribution in [-0.2, 0) is 0 Å². The van der Waals surface area contributed by atoms with Crippen molar-refractivity contribution in [1.29, 1.82) is 0 Å². The highest BCUT2D eigenvalue weighted by Crippen LogP contribution is 2.17. The van der Waals surface area contributed by atoms with Gasteiger partial charge in [-0.3, -0.25) is 10.1 Å². The number of nitrogens with zero attached hydrogens (tertiary/aromatic N) is 3. The molecule has 2 heterocycles. The fourth-order valence-electron chi connectivity index (χ4n) is 1.41. The van der Waals surface area contributed by atoms with E-state index in [-0.39, 0.29) is 29.2 Å². The Hall–Kier alpha value is -2.90. The molecule has 104 valence electrons. The van der Waals surface area contributed by atoms with Gasteiger partial charge >= 0.3 is 0 Å². The van der Waals surface area contributed by atoms with Gasteiger partial charge in [0.2, 0.25) is 17.7 Å². The largest absolute Gasteiger partial charge is 0.481 e. The fraction of sp³-hybridized carbons (Fsp3) is 0.167. The molecular weight excluding hydrogens is 262 g/mol. The number of nitrogens with two attached hydrogens (primary N) is 1. The average molecular weight is 275 g/mol. The predicted octanol–water partition coefficient (Wildman–Crippen LogP) is 0.723. The molecule has 0 aliphatic carbocycles. The van der Waals surface area contributed by atoms with Crippen LogP contribution in [0.3, 0.4) is 0 Å². The highest BCUT2D eigenvalue weighted by Gasteiger charge is 2.12. The maximum atomic E-state index is 12.0. The molecule has 2 rings (SSSR count). The molecule has 0 aliphatic rings. The van der Waals surface area contributed by atoms with Crippen molar-refractivity contribution in [3.63, 3.8) is 0 Å². The quantitative estimate of drug-likeness (QED) is 0.845. The molecule has 0 spiro atoms. The van der Waals surface area contributed by atoms with Gasteiger partial charge in [-0.15, -0.1) is 0 Å². The third kappa shape index (κ3) is 3.10. The van der Waals surface area contributed by atoms with E-state index in [4.69, 9.17) is 15.2 Å². The van der Waals surface area contributed by atoms with Crippen molar-refractivity contribution in [1.82, 2.24) is 15.0 Å². The molecule has 1 amide bonds. The second kappa shape index (κ2) is 5.83. The van der Waals surface area contributed by atoms with Gasteiger partial charge in [-0.25, -0.2) is 4.98 Å². The van der Waals surface area contributed by atoms with Gasteiger partial charge in [-0.1, -0.05) is 6.07 Å². The van der Waals surface area contributed by atoms with Crippen LogP contribution in [0.15, 0.2) is 24.3 Å². The molecule has 0 radical (unpaired) electrons. The van der Waals surface area contributed by atoms with E-state index in [0.29, 0.717) is 0 Å². The highest BCUT2D eigenvalue weighted by atomic mass is 16.5. The molecule has 2 aromatic heterocycles. The van der Waals surface area contributed by atoms with Gasteiger partial charge in [0, 0.05) is 0 Å². The van der Waals surface area contributed by atoms with E-state index < -0.39 is 5.91 Å². The molecule has 0 saturated heterocycles. The van der Waals surface area contributed by atoms with Crippen LogP contribution in [0.25, 0.3) is 0 Å². The van der Waals surface area contributed by atoms with E-state index in [9.17, 15) is 4.79 Å². The molecule has 0 aliphatic heterocycles. The molecule has 20 heavy (non-hydrogen) atoms. The van der Waals surface area contributed by atoms with Crippen LogP contribution >= 0.6 is 0 Å². The first-order chi connectivity index (χ1) is 9.62. The number of carbonyl (C=O) groups is 1. The van der Waals surface area contributed by atoms with Crippen LogP contribution in [0.1, 0.15) is 10.5 Å². The third-order valence-electron chi connectivity index (χ3n) is 2.33. The van der Waals surface area contributed by atoms with Crippen molar-refractivity contribution in [3.8, 4) is 11.8 Å². The van der Waals surface area contributed by atoms with Crippen LogP contribution in [0.4, 0.5) is 11.8 Å². The summed E-state index contributed by atoms with van der Waals surface area (Å²) in [4.78, 5) is 23.8. The zero-order valence-electron chi connectivity index (χ0n) is 11.0. The van der Waals surface area contributed by atoms with Gasteiger partial charge in [-0.05, 0) is 12.1 Å². The van der Waals surface area contributed by atoms with E-state index in [1.807, 2.05) is 0 Å². The number of anilines is 2. The molecule has 3 N–H and O–H groups in total. The second-order valence-corrected chi connectivity index (χ2v) is 3.68. The van der Waals surface area contributed by atoms with Crippen molar-refractivity contribution < 1.29 is 14.3 Å². The predicted molar refractivity (Wildman–Crippen MR) is 71.7 cm³/mol. The maximum absolute atomic E-state index is 12.0. The van der Waals surface area contributed by atoms with Gasteiger partial charge in [0.05, 0.1) is 20.3 Å². The monoisotopic (exact) mass is 275 g/mol. The smallest absolute Gasteiger partial charge is 0.276 e. The summed E-state index contributed by atoms with van der Waals surface area (Å²) < 4.78 is 9.97. The summed E-state index contributed by atoms with van der Waals surface area (Å²) in [6.07, 6.45) is 0. The molecular formula is C12H13N5O3. The lowest BCUT2D eigenvalue weighted by Crippen LogP contribution is -2.16. The number of aromatic nitrogens is 3. The van der Waals surface area contributed by atoms with Crippen molar-refractivity contribution in [2.75, 3.05) is 25.3 Å². The van der Waals surface area contributed by atoms with E-state index in [1.54, 1.807) is 12.1 Å². The number of pyridine rings is 1. The van der Waals surface area contributed by atoms with E-state index in [1.165, 1.54) is 26.4 Å². The van der Waals surface area contributed by atoms with Crippen molar-refractivity contribution in [2.24, 2.45) is 0 Å². The Bertz CT molecular complexity index is 610. The zero-order chi connectivity index (χ0) is 14.5. The SMILES string of the molecule is COc1cc(OC)nc(NC(=O)c2cccc(N)n2)n1. The normalized spacial score (nSPS) is 9.90. The molecule has 0 aromatic carbocycles. The number of carbonyl (C=O) groups excluding carboxylic acids is 1. The molecule has 0 saturated carbocycles. The van der Waals surface area contributed by atoms with Crippen LogP contribution in [0.2, 0.25) is 0 Å². The lowest BCUT2D eigenvalue weighted by molar-refractivity contribution is 0.102. The Morgan fingerprint density at radius 3 is 2.35 bits per heavy atom. The lowest BCUT2D eigenvalue weighted by Gasteiger charge is -2.07. The summed E-state index contributed by atoms with van der Waals surface area (Å²) in [6, 6.07) is 6.24. The molecule has 2 aromatic rings. The molecule has 0 unspecified atom stereocenters. The Morgan fingerprint density at radius 1 is 1.15 bits per heavy atom. The minimum atomic E-state index is -0.479. The number of hydrogen-bond donors (Lipinski definition) is 2. The van der Waals surface area contributed by atoms with Gasteiger partial charge in [0.15, 0.2) is 0 Å². The molecule has 0 atom stereocenters. The summed E-state index contributed by atoms with van der Waals surface area (Å²) in [7, 11) is 2.90.